The fraction of sp³-hybridized carbons (Fsp3) is 0.579. The van der Waals surface area contributed by atoms with Crippen LogP contribution in [0.25, 0.3) is 0 Å². The molecular weight excluding hydrogens is 318 g/mol. The second kappa shape index (κ2) is 9.30. The van der Waals surface area contributed by atoms with Crippen LogP contribution in [0.2, 0.25) is 0 Å². The van der Waals surface area contributed by atoms with Crippen molar-refractivity contribution in [3.05, 3.63) is 29.8 Å². The lowest BCUT2D eigenvalue weighted by atomic mass is 10.2. The molecule has 1 aromatic carbocycles. The molecule has 1 aliphatic rings. The molecule has 138 valence electrons. The second-order valence-corrected chi connectivity index (χ2v) is 6.61. The lowest BCUT2D eigenvalue weighted by Gasteiger charge is -2.23. The van der Waals surface area contributed by atoms with E-state index in [1.165, 1.54) is 0 Å². The molecule has 1 saturated heterocycles. The van der Waals surface area contributed by atoms with Crippen LogP contribution in [0, 0.1) is 0 Å². The van der Waals surface area contributed by atoms with Gasteiger partial charge in [-0.05, 0) is 51.0 Å². The Bertz CT molecular complexity index is 572. The molecule has 1 heterocycles. The van der Waals surface area contributed by atoms with Gasteiger partial charge in [0.1, 0.15) is 5.75 Å². The first kappa shape index (κ1) is 19.1. The molecule has 0 saturated carbocycles. The van der Waals surface area contributed by atoms with Crippen LogP contribution in [0.3, 0.4) is 0 Å². The van der Waals surface area contributed by atoms with Crippen molar-refractivity contribution in [2.75, 3.05) is 32.8 Å². The maximum atomic E-state index is 12.7. The zero-order chi connectivity index (χ0) is 18.2. The number of nitrogens with zero attached hydrogens (tertiary/aromatic N) is 2. The Morgan fingerprint density at radius 1 is 1.08 bits per heavy atom. The number of urea groups is 1. The van der Waals surface area contributed by atoms with E-state index in [0.717, 1.165) is 18.6 Å². The Balaban J connectivity index is 1.93. The van der Waals surface area contributed by atoms with Crippen LogP contribution in [-0.2, 0) is 0 Å². The lowest BCUT2D eigenvalue weighted by Crippen LogP contribution is -2.44. The molecule has 1 aromatic rings. The Morgan fingerprint density at radius 3 is 2.36 bits per heavy atom. The molecule has 0 spiro atoms. The first-order chi connectivity index (χ1) is 12.0. The molecule has 6 heteroatoms. The molecular formula is C19H29N3O3. The fourth-order valence-corrected chi connectivity index (χ4v) is 2.76. The van der Waals surface area contributed by atoms with Gasteiger partial charge < -0.3 is 19.9 Å². The zero-order valence-electron chi connectivity index (χ0n) is 15.5. The van der Waals surface area contributed by atoms with E-state index in [1.807, 2.05) is 43.0 Å². The van der Waals surface area contributed by atoms with Crippen LogP contribution >= 0.6 is 0 Å². The largest absolute Gasteiger partial charge is 0.494 e. The van der Waals surface area contributed by atoms with Gasteiger partial charge in [-0.15, -0.1) is 0 Å². The van der Waals surface area contributed by atoms with Gasteiger partial charge in [-0.1, -0.05) is 6.92 Å². The Hall–Kier alpha value is -2.24. The van der Waals surface area contributed by atoms with E-state index in [2.05, 4.69) is 12.2 Å². The number of nitrogens with one attached hydrogen (secondary N) is 1. The maximum absolute atomic E-state index is 12.7. The van der Waals surface area contributed by atoms with Gasteiger partial charge in [0.05, 0.1) is 6.61 Å². The van der Waals surface area contributed by atoms with Crippen LogP contribution in [0.15, 0.2) is 24.3 Å². The van der Waals surface area contributed by atoms with Crippen LogP contribution in [0.1, 0.15) is 44.0 Å². The quantitative estimate of drug-likeness (QED) is 0.891. The summed E-state index contributed by atoms with van der Waals surface area (Å²) in [6.07, 6.45) is 1.74. The Labute approximate surface area is 150 Å². The molecule has 1 fully saturated rings. The molecule has 0 radical (unpaired) electrons. The molecule has 1 aliphatic heterocycles. The summed E-state index contributed by atoms with van der Waals surface area (Å²) in [5.74, 6) is 0.791. The van der Waals surface area contributed by atoms with Crippen molar-refractivity contribution in [3.63, 3.8) is 0 Å². The lowest BCUT2D eigenvalue weighted by molar-refractivity contribution is 0.0762. The maximum Gasteiger partial charge on any atom is 0.317 e. The normalized spacial score (nSPS) is 15.0. The number of hydrogen-bond donors (Lipinski definition) is 1. The van der Waals surface area contributed by atoms with Crippen molar-refractivity contribution in [2.24, 2.45) is 0 Å². The molecule has 0 atom stereocenters. The minimum atomic E-state index is -0.0540. The Morgan fingerprint density at radius 2 is 1.72 bits per heavy atom. The van der Waals surface area contributed by atoms with Gasteiger partial charge in [0.2, 0.25) is 0 Å². The van der Waals surface area contributed by atoms with E-state index in [4.69, 9.17) is 4.74 Å². The average molecular weight is 347 g/mol. The smallest absolute Gasteiger partial charge is 0.317 e. The molecule has 0 unspecified atom stereocenters. The monoisotopic (exact) mass is 347 g/mol. The van der Waals surface area contributed by atoms with Crippen LogP contribution in [0.4, 0.5) is 4.79 Å². The highest BCUT2D eigenvalue weighted by atomic mass is 16.5. The summed E-state index contributed by atoms with van der Waals surface area (Å²) in [6, 6.07) is 7.35. The van der Waals surface area contributed by atoms with Gasteiger partial charge in [0, 0.05) is 37.8 Å². The number of carbonyl (C=O) groups excluding carboxylic acids is 2. The van der Waals surface area contributed by atoms with Crippen LogP contribution < -0.4 is 10.1 Å². The van der Waals surface area contributed by atoms with E-state index in [-0.39, 0.29) is 18.0 Å². The first-order valence-corrected chi connectivity index (χ1v) is 9.09. The van der Waals surface area contributed by atoms with E-state index in [0.29, 0.717) is 38.3 Å². The highest BCUT2D eigenvalue weighted by Crippen LogP contribution is 2.15. The predicted molar refractivity (Wildman–Crippen MR) is 98.0 cm³/mol. The van der Waals surface area contributed by atoms with Gasteiger partial charge in [0.15, 0.2) is 0 Å². The summed E-state index contributed by atoms with van der Waals surface area (Å²) in [4.78, 5) is 28.4. The standard InChI is InChI=1S/C19H29N3O3/c1-4-14-25-17-8-6-16(7-9-17)18(23)21-10-5-11-22(13-12-21)19(24)20-15(2)3/h6-9,15H,4-5,10-14H2,1-3H3,(H,20,24). The van der Waals surface area contributed by atoms with E-state index < -0.39 is 0 Å². The predicted octanol–water partition coefficient (Wildman–Crippen LogP) is 2.74. The molecule has 25 heavy (non-hydrogen) atoms. The van der Waals surface area contributed by atoms with E-state index in [9.17, 15) is 9.59 Å². The summed E-state index contributed by atoms with van der Waals surface area (Å²) >= 11 is 0. The number of ether oxygens (including phenoxy) is 1. The Kier molecular flexibility index (Phi) is 7.10. The molecule has 2 rings (SSSR count). The highest BCUT2D eigenvalue weighted by molar-refractivity contribution is 5.94. The van der Waals surface area contributed by atoms with Gasteiger partial charge in [-0.25, -0.2) is 4.79 Å². The minimum absolute atomic E-state index is 0.00755. The second-order valence-electron chi connectivity index (χ2n) is 6.61. The third-order valence-electron chi connectivity index (χ3n) is 4.06. The third-order valence-corrected chi connectivity index (χ3v) is 4.06. The summed E-state index contributed by atoms with van der Waals surface area (Å²) in [5, 5.41) is 2.91. The third kappa shape index (κ3) is 5.66. The number of benzene rings is 1. The SMILES string of the molecule is CCCOc1ccc(C(=O)N2CCCN(C(=O)NC(C)C)CC2)cc1. The minimum Gasteiger partial charge on any atom is -0.494 e. The van der Waals surface area contributed by atoms with Crippen molar-refractivity contribution in [2.45, 2.75) is 39.7 Å². The van der Waals surface area contributed by atoms with E-state index >= 15 is 0 Å². The molecule has 0 aromatic heterocycles. The average Bonchev–Trinajstić information content (AvgIpc) is 2.85. The first-order valence-electron chi connectivity index (χ1n) is 9.09. The summed E-state index contributed by atoms with van der Waals surface area (Å²) in [7, 11) is 0. The van der Waals surface area contributed by atoms with Crippen molar-refractivity contribution in [1.29, 1.82) is 0 Å². The molecule has 0 bridgehead atoms. The van der Waals surface area contributed by atoms with Crippen LogP contribution in [0.5, 0.6) is 5.75 Å². The molecule has 0 aliphatic carbocycles. The summed E-state index contributed by atoms with van der Waals surface area (Å²) < 4.78 is 5.55. The number of rotatable bonds is 5. The van der Waals surface area contributed by atoms with Gasteiger partial charge in [0.25, 0.3) is 5.91 Å². The van der Waals surface area contributed by atoms with Gasteiger partial charge >= 0.3 is 6.03 Å². The number of carbonyl (C=O) groups is 2. The van der Waals surface area contributed by atoms with Gasteiger partial charge in [-0.3, -0.25) is 4.79 Å². The van der Waals surface area contributed by atoms with Crippen molar-refractivity contribution in [3.8, 4) is 5.75 Å². The summed E-state index contributed by atoms with van der Waals surface area (Å²) in [5.41, 5.74) is 0.656. The topological polar surface area (TPSA) is 61.9 Å². The van der Waals surface area contributed by atoms with E-state index in [1.54, 1.807) is 4.90 Å². The molecule has 6 nitrogen and oxygen atoms in total. The number of hydrogen-bond acceptors (Lipinski definition) is 3. The van der Waals surface area contributed by atoms with Crippen molar-refractivity contribution >= 4 is 11.9 Å². The van der Waals surface area contributed by atoms with Gasteiger partial charge in [-0.2, -0.15) is 0 Å². The zero-order valence-corrected chi connectivity index (χ0v) is 15.5. The molecule has 1 N–H and O–H groups in total. The van der Waals surface area contributed by atoms with Crippen LogP contribution in [-0.4, -0.2) is 60.6 Å². The van der Waals surface area contributed by atoms with Crippen molar-refractivity contribution < 1.29 is 14.3 Å². The molecule has 3 amide bonds. The number of amides is 3. The van der Waals surface area contributed by atoms with Crippen molar-refractivity contribution in [1.82, 2.24) is 15.1 Å². The fourth-order valence-electron chi connectivity index (χ4n) is 2.76. The summed E-state index contributed by atoms with van der Waals surface area (Å²) in [6.45, 7) is 9.07. The highest BCUT2D eigenvalue weighted by Gasteiger charge is 2.23.